The molecule has 75 heavy (non-hydrogen) atoms. The van der Waals surface area contributed by atoms with E-state index < -0.39 is 158 Å². The zero-order chi connectivity index (χ0) is 56.2. The molecule has 0 radical (unpaired) electrons. The Kier molecular flexibility index (Phi) is 28.8. The van der Waals surface area contributed by atoms with Crippen molar-refractivity contribution in [2.45, 2.75) is 101 Å². The second kappa shape index (κ2) is 33.7. The van der Waals surface area contributed by atoms with E-state index in [0.29, 0.717) is 6.42 Å². The molecule has 31 nitrogen and oxygen atoms in total. The van der Waals surface area contributed by atoms with E-state index in [1.807, 2.05) is 0 Å². The molecule has 0 aliphatic carbocycles. The number of carbonyl (C=O) groups excluding carboxylic acids is 13. The van der Waals surface area contributed by atoms with E-state index in [1.165, 1.54) is 11.9 Å². The number of guanidine groups is 1. The van der Waals surface area contributed by atoms with Crippen LogP contribution >= 0.6 is 21.6 Å². The summed E-state index contributed by atoms with van der Waals surface area (Å²) < 4.78 is 0. The maximum absolute atomic E-state index is 14.5. The Morgan fingerprint density at radius 3 is 1.87 bits per heavy atom. The van der Waals surface area contributed by atoms with Crippen molar-refractivity contribution in [2.75, 3.05) is 71.0 Å². The molecule has 20 N–H and O–H groups in total. The van der Waals surface area contributed by atoms with E-state index in [2.05, 4.69) is 63.8 Å². The van der Waals surface area contributed by atoms with Gasteiger partial charge in [0, 0.05) is 38.1 Å². The number of nitrogens with zero attached hydrogens (tertiary/aromatic N) is 1. The molecule has 2 aliphatic rings. The monoisotopic (exact) mass is 1100 g/mol. The molecule has 2 saturated heterocycles. The smallest absolute Gasteiger partial charge is 0.245 e. The number of hydrogen-bond donors (Lipinski definition) is 17. The SMILES string of the molecule is CNC(=O)[C@H]1CSSC[C@@H](NC(=O)[C@H]2CCCN2C(=O)[C@@H](CCCNC(=N)N)NC(=O)[C@@H](CCC(N)=O)NC(=O)CNC(=O)CNC(=O)CNC(=O)CNC(=O)CN)C(=O)N[C@@H](CC(C)C)C(=O)N[C@@H](CO)C(=O)N1. The lowest BCUT2D eigenvalue weighted by Gasteiger charge is -2.31. The Morgan fingerprint density at radius 2 is 1.31 bits per heavy atom. The van der Waals surface area contributed by atoms with Crippen LogP contribution in [0.15, 0.2) is 0 Å². The fraction of sp³-hybridized carbons (Fsp3) is 0.667. The molecule has 33 heteroatoms. The molecule has 2 rings (SSSR count). The summed E-state index contributed by atoms with van der Waals surface area (Å²) in [5, 5.41) is 46.6. The molecule has 0 aromatic carbocycles. The number of nitrogens with two attached hydrogens (primary N) is 3. The summed E-state index contributed by atoms with van der Waals surface area (Å²) in [6.45, 7) is 0.135. The third-order valence-corrected chi connectivity index (χ3v) is 13.4. The summed E-state index contributed by atoms with van der Waals surface area (Å²) in [5.74, 6) is -10.9. The van der Waals surface area contributed by atoms with E-state index in [-0.39, 0.29) is 75.1 Å². The van der Waals surface area contributed by atoms with Crippen LogP contribution in [0.25, 0.3) is 0 Å². The second-order valence-corrected chi connectivity index (χ2v) is 20.0. The first-order valence-corrected chi connectivity index (χ1v) is 26.3. The van der Waals surface area contributed by atoms with Gasteiger partial charge in [0.2, 0.25) is 76.8 Å². The lowest BCUT2D eigenvalue weighted by Crippen LogP contribution is -2.61. The van der Waals surface area contributed by atoms with Crippen LogP contribution < -0.4 is 81.0 Å². The maximum atomic E-state index is 14.5. The molecular formula is C42H71N17O14S2. The number of nitrogens with one attached hydrogen (secondary N) is 13. The number of likely N-dealkylation sites (N-methyl/N-ethyl adjacent to an activating group) is 1. The predicted molar refractivity (Wildman–Crippen MR) is 271 cm³/mol. The van der Waals surface area contributed by atoms with Crippen LogP contribution in [-0.2, 0) is 62.3 Å². The Morgan fingerprint density at radius 1 is 0.733 bits per heavy atom. The van der Waals surface area contributed by atoms with Crippen LogP contribution in [0.5, 0.6) is 0 Å². The molecule has 7 atom stereocenters. The standard InChI is InChI=1S/C42H71N17O14S2/c1-21(2)12-24-37(69)56-25(18-60)38(70)57-26(35(67)47-3)19-74-75-20-27(39(71)55-24)58-40(72)28-7-5-11-59(28)41(73)23(6-4-10-48-42(45)46)54-36(68)22(8-9-29(44)61)53-34(66)17-52-33(65)16-51-32(64)15-50-31(63)14-49-30(62)13-43/h21-28,60H,4-20,43H2,1-3H3,(H2,44,61)(H,47,67)(H,49,62)(H,50,63)(H,51,64)(H,52,65)(H,53,66)(H,54,68)(H,55,71)(H,56,69)(H,57,70)(H,58,72)(H4,45,46,48)/t22-,23-,24+,25+,26-,27-,28-/m1/s1. The van der Waals surface area contributed by atoms with Gasteiger partial charge in [0.15, 0.2) is 5.96 Å². The van der Waals surface area contributed by atoms with Crippen LogP contribution in [0, 0.1) is 11.3 Å². The number of rotatable bonds is 26. The molecule has 0 aromatic heterocycles. The molecule has 13 amide bonds. The van der Waals surface area contributed by atoms with Gasteiger partial charge < -0.3 is 91.0 Å². The van der Waals surface area contributed by atoms with Gasteiger partial charge in [-0.05, 0) is 44.4 Å². The average molecular weight is 1100 g/mol. The van der Waals surface area contributed by atoms with Crippen molar-refractivity contribution in [1.82, 2.24) is 68.7 Å². The molecule has 2 heterocycles. The molecule has 0 saturated carbocycles. The lowest BCUT2D eigenvalue weighted by molar-refractivity contribution is -0.142. The Hall–Kier alpha value is -7.00. The number of aliphatic hydroxyl groups excluding tert-OH is 1. The highest BCUT2D eigenvalue weighted by molar-refractivity contribution is 8.76. The van der Waals surface area contributed by atoms with Gasteiger partial charge in [-0.2, -0.15) is 0 Å². The van der Waals surface area contributed by atoms with Gasteiger partial charge in [-0.3, -0.25) is 67.7 Å². The van der Waals surface area contributed by atoms with E-state index in [9.17, 15) is 67.4 Å². The molecule has 0 spiro atoms. The Labute approximate surface area is 439 Å². The van der Waals surface area contributed by atoms with Crippen molar-refractivity contribution in [3.63, 3.8) is 0 Å². The number of likely N-dealkylation sites (tertiary alicyclic amines) is 1. The minimum atomic E-state index is -1.51. The van der Waals surface area contributed by atoms with Crippen molar-refractivity contribution in [3.8, 4) is 0 Å². The molecule has 2 aliphatic heterocycles. The third kappa shape index (κ3) is 24.3. The summed E-state index contributed by atoms with van der Waals surface area (Å²) in [6, 6.07) is -9.25. The normalized spacial score (nSPS) is 19.9. The summed E-state index contributed by atoms with van der Waals surface area (Å²) in [7, 11) is 3.52. The van der Waals surface area contributed by atoms with Crippen LogP contribution in [0.2, 0.25) is 0 Å². The van der Waals surface area contributed by atoms with E-state index >= 15 is 0 Å². The third-order valence-electron chi connectivity index (χ3n) is 11.0. The van der Waals surface area contributed by atoms with Crippen molar-refractivity contribution >= 4 is 104 Å². The van der Waals surface area contributed by atoms with Crippen LogP contribution in [0.3, 0.4) is 0 Å². The zero-order valence-corrected chi connectivity index (χ0v) is 43.5. The molecule has 0 unspecified atom stereocenters. The number of carbonyl (C=O) groups is 13. The first-order valence-electron chi connectivity index (χ1n) is 23.8. The zero-order valence-electron chi connectivity index (χ0n) is 41.9. The van der Waals surface area contributed by atoms with Crippen molar-refractivity contribution in [2.24, 2.45) is 23.1 Å². The minimum absolute atomic E-state index is 0.0250. The van der Waals surface area contributed by atoms with Crippen LogP contribution in [0.4, 0.5) is 0 Å². The van der Waals surface area contributed by atoms with E-state index in [1.54, 1.807) is 13.8 Å². The molecule has 0 bridgehead atoms. The number of aliphatic hydroxyl groups is 1. The number of amides is 13. The van der Waals surface area contributed by atoms with Crippen molar-refractivity contribution in [3.05, 3.63) is 0 Å². The van der Waals surface area contributed by atoms with Gasteiger partial charge in [0.1, 0.15) is 42.3 Å². The molecule has 0 aromatic rings. The van der Waals surface area contributed by atoms with Gasteiger partial charge in [0.25, 0.3) is 0 Å². The summed E-state index contributed by atoms with van der Waals surface area (Å²) in [6.07, 6.45) is -0.227. The predicted octanol–water partition coefficient (Wildman–Crippen LogP) is -8.98. The van der Waals surface area contributed by atoms with Gasteiger partial charge in [0.05, 0.1) is 39.3 Å². The maximum Gasteiger partial charge on any atom is 0.245 e. The topological polar surface area (TPSA) is 492 Å². The van der Waals surface area contributed by atoms with Crippen molar-refractivity contribution < 1.29 is 67.4 Å². The number of hydrogen-bond acceptors (Lipinski definition) is 18. The number of primary amides is 1. The molecular weight excluding hydrogens is 1030 g/mol. The Bertz CT molecular complexity index is 2090. The lowest BCUT2D eigenvalue weighted by atomic mass is 10.0. The highest BCUT2D eigenvalue weighted by Gasteiger charge is 2.40. The minimum Gasteiger partial charge on any atom is -0.394 e. The summed E-state index contributed by atoms with van der Waals surface area (Å²) >= 11 is 0. The highest BCUT2D eigenvalue weighted by Crippen LogP contribution is 2.25. The summed E-state index contributed by atoms with van der Waals surface area (Å²) in [4.78, 5) is 169. The molecule has 420 valence electrons. The first-order chi connectivity index (χ1) is 35.5. The Balaban J connectivity index is 2.28. The van der Waals surface area contributed by atoms with E-state index in [0.717, 1.165) is 21.6 Å². The van der Waals surface area contributed by atoms with Crippen LogP contribution in [-0.4, -0.2) is 206 Å². The van der Waals surface area contributed by atoms with Gasteiger partial charge in [-0.25, -0.2) is 0 Å². The highest BCUT2D eigenvalue weighted by atomic mass is 33.1. The second-order valence-electron chi connectivity index (χ2n) is 17.4. The van der Waals surface area contributed by atoms with Crippen LogP contribution in [0.1, 0.15) is 58.8 Å². The first kappa shape index (κ1) is 64.1. The quantitative estimate of drug-likeness (QED) is 0.0166. The average Bonchev–Trinajstić information content (AvgIpc) is 3.87. The van der Waals surface area contributed by atoms with E-state index in [4.69, 9.17) is 22.6 Å². The molecule has 2 fully saturated rings. The fourth-order valence-corrected chi connectivity index (χ4v) is 9.42. The fourth-order valence-electron chi connectivity index (χ4n) is 7.09. The van der Waals surface area contributed by atoms with Gasteiger partial charge >= 0.3 is 0 Å². The summed E-state index contributed by atoms with van der Waals surface area (Å²) in [5.41, 5.74) is 15.9. The largest absolute Gasteiger partial charge is 0.394 e. The van der Waals surface area contributed by atoms with Gasteiger partial charge in [-0.15, -0.1) is 0 Å². The van der Waals surface area contributed by atoms with Gasteiger partial charge in [-0.1, -0.05) is 35.4 Å². The van der Waals surface area contributed by atoms with Crippen molar-refractivity contribution in [1.29, 1.82) is 5.41 Å².